The lowest BCUT2D eigenvalue weighted by Crippen LogP contribution is -2.66. The summed E-state index contributed by atoms with van der Waals surface area (Å²) in [5.41, 5.74) is 0.0835. The minimum atomic E-state index is -2.46. The molecule has 0 amide bonds. The molecule has 0 atom stereocenters. The van der Waals surface area contributed by atoms with Crippen LogP contribution in [0.1, 0.15) is 33.6 Å². The van der Waals surface area contributed by atoms with E-state index in [1.54, 1.807) is 0 Å². The molecule has 1 heterocycles. The molecule has 0 saturated carbocycles. The number of ether oxygens (including phenoxy) is 1. The van der Waals surface area contributed by atoms with E-state index in [2.05, 4.69) is 81.4 Å². The van der Waals surface area contributed by atoms with E-state index in [1.165, 1.54) is 10.4 Å². The third-order valence-electron chi connectivity index (χ3n) is 5.83. The number of hydrogen-bond donors (Lipinski definition) is 1. The molecule has 27 heavy (non-hydrogen) atoms. The SMILES string of the molecule is CC(C)(C)[Si](OCCC1(CCO)COC1)(c1ccccc1)c1ccccc1. The highest BCUT2D eigenvalue weighted by molar-refractivity contribution is 6.99. The first-order chi connectivity index (χ1) is 12.9. The summed E-state index contributed by atoms with van der Waals surface area (Å²) < 4.78 is 12.4. The van der Waals surface area contributed by atoms with Gasteiger partial charge in [-0.15, -0.1) is 0 Å². The van der Waals surface area contributed by atoms with Crippen molar-refractivity contribution in [3.8, 4) is 0 Å². The van der Waals surface area contributed by atoms with Crippen LogP contribution >= 0.6 is 0 Å². The first-order valence-electron chi connectivity index (χ1n) is 9.87. The third kappa shape index (κ3) is 4.04. The molecule has 0 unspecified atom stereocenters. The second-order valence-corrected chi connectivity index (χ2v) is 13.0. The van der Waals surface area contributed by atoms with Crippen LogP contribution in [0.2, 0.25) is 5.04 Å². The molecule has 146 valence electrons. The van der Waals surface area contributed by atoms with E-state index in [-0.39, 0.29) is 17.1 Å². The number of hydrogen-bond acceptors (Lipinski definition) is 3. The molecule has 2 aromatic carbocycles. The Morgan fingerprint density at radius 3 is 1.81 bits per heavy atom. The standard InChI is InChI=1S/C23H32O3Si/c1-22(2,3)27(20-10-6-4-7-11-20,21-12-8-5-9-13-21)26-17-15-23(14-16-24)18-25-19-23/h4-13,24H,14-19H2,1-3H3. The summed E-state index contributed by atoms with van der Waals surface area (Å²) in [6, 6.07) is 21.5. The van der Waals surface area contributed by atoms with Crippen LogP contribution in [0.25, 0.3) is 0 Å². The van der Waals surface area contributed by atoms with Crippen molar-refractivity contribution in [2.45, 2.75) is 38.7 Å². The molecule has 3 rings (SSSR count). The van der Waals surface area contributed by atoms with Crippen molar-refractivity contribution >= 4 is 18.7 Å². The fourth-order valence-corrected chi connectivity index (χ4v) is 8.79. The fourth-order valence-electron chi connectivity index (χ4n) is 4.22. The summed E-state index contributed by atoms with van der Waals surface area (Å²) in [5.74, 6) is 0. The first-order valence-corrected chi connectivity index (χ1v) is 11.8. The van der Waals surface area contributed by atoms with E-state index < -0.39 is 8.32 Å². The molecule has 0 bridgehead atoms. The summed E-state index contributed by atoms with van der Waals surface area (Å²) in [6.45, 7) is 9.27. The van der Waals surface area contributed by atoms with Gasteiger partial charge in [-0.3, -0.25) is 0 Å². The summed E-state index contributed by atoms with van der Waals surface area (Å²) in [5, 5.41) is 12.0. The average Bonchev–Trinajstić information content (AvgIpc) is 2.63. The van der Waals surface area contributed by atoms with Crippen LogP contribution in [-0.2, 0) is 9.16 Å². The first kappa shape index (κ1) is 20.3. The van der Waals surface area contributed by atoms with Crippen LogP contribution in [0.15, 0.2) is 60.7 Å². The predicted octanol–water partition coefficient (Wildman–Crippen LogP) is 3.35. The van der Waals surface area contributed by atoms with Gasteiger partial charge in [0.25, 0.3) is 8.32 Å². The second-order valence-electron chi connectivity index (χ2n) is 8.73. The van der Waals surface area contributed by atoms with Gasteiger partial charge in [0.1, 0.15) is 0 Å². The van der Waals surface area contributed by atoms with E-state index in [0.717, 1.165) is 26.1 Å². The lowest BCUT2D eigenvalue weighted by molar-refractivity contribution is -0.131. The van der Waals surface area contributed by atoms with Gasteiger partial charge in [0, 0.05) is 18.6 Å². The molecule has 1 saturated heterocycles. The van der Waals surface area contributed by atoms with Gasteiger partial charge in [-0.2, -0.15) is 0 Å². The van der Waals surface area contributed by atoms with E-state index in [0.29, 0.717) is 6.61 Å². The van der Waals surface area contributed by atoms with Crippen molar-refractivity contribution in [3.05, 3.63) is 60.7 Å². The van der Waals surface area contributed by atoms with Crippen molar-refractivity contribution in [1.29, 1.82) is 0 Å². The van der Waals surface area contributed by atoms with Crippen LogP contribution in [0.3, 0.4) is 0 Å². The summed E-state index contributed by atoms with van der Waals surface area (Å²) in [7, 11) is -2.46. The zero-order chi connectivity index (χ0) is 19.4. The maximum atomic E-state index is 9.42. The Kier molecular flexibility index (Phi) is 6.21. The molecule has 0 aliphatic carbocycles. The van der Waals surface area contributed by atoms with Crippen molar-refractivity contribution in [3.63, 3.8) is 0 Å². The number of aliphatic hydroxyl groups is 1. The van der Waals surface area contributed by atoms with Gasteiger partial charge >= 0.3 is 0 Å². The minimum absolute atomic E-state index is 0.00401. The smallest absolute Gasteiger partial charge is 0.261 e. The van der Waals surface area contributed by atoms with Crippen LogP contribution in [-0.4, -0.2) is 39.9 Å². The van der Waals surface area contributed by atoms with Crippen LogP contribution in [0.5, 0.6) is 0 Å². The van der Waals surface area contributed by atoms with E-state index >= 15 is 0 Å². The van der Waals surface area contributed by atoms with Crippen LogP contribution in [0, 0.1) is 5.41 Å². The zero-order valence-electron chi connectivity index (χ0n) is 16.8. The molecule has 0 spiro atoms. The predicted molar refractivity (Wildman–Crippen MR) is 113 cm³/mol. The van der Waals surface area contributed by atoms with Crippen molar-refractivity contribution in [2.75, 3.05) is 26.4 Å². The minimum Gasteiger partial charge on any atom is -0.407 e. The van der Waals surface area contributed by atoms with E-state index in [4.69, 9.17) is 9.16 Å². The Balaban J connectivity index is 1.94. The number of aliphatic hydroxyl groups excluding tert-OH is 1. The maximum absolute atomic E-state index is 9.42. The molecule has 0 aromatic heterocycles. The number of benzene rings is 2. The molecule has 3 nitrogen and oxygen atoms in total. The molecule has 1 aliphatic heterocycles. The van der Waals surface area contributed by atoms with Crippen molar-refractivity contribution in [1.82, 2.24) is 0 Å². The molecular weight excluding hydrogens is 352 g/mol. The Morgan fingerprint density at radius 2 is 1.44 bits per heavy atom. The molecule has 1 aliphatic rings. The summed E-state index contributed by atoms with van der Waals surface area (Å²) in [6.07, 6.45) is 1.72. The molecule has 1 N–H and O–H groups in total. The van der Waals surface area contributed by atoms with Gasteiger partial charge in [-0.05, 0) is 28.3 Å². The van der Waals surface area contributed by atoms with Gasteiger partial charge in [-0.25, -0.2) is 0 Å². The van der Waals surface area contributed by atoms with Crippen LogP contribution < -0.4 is 10.4 Å². The molecule has 2 aromatic rings. The molecule has 4 heteroatoms. The van der Waals surface area contributed by atoms with E-state index in [1.807, 2.05) is 0 Å². The highest BCUT2D eigenvalue weighted by atomic mass is 28.4. The molecule has 0 radical (unpaired) electrons. The van der Waals surface area contributed by atoms with Gasteiger partial charge < -0.3 is 14.3 Å². The molecule has 1 fully saturated rings. The van der Waals surface area contributed by atoms with Gasteiger partial charge in [0.05, 0.1) is 13.2 Å². The van der Waals surface area contributed by atoms with Crippen LogP contribution in [0.4, 0.5) is 0 Å². The Morgan fingerprint density at radius 1 is 0.926 bits per heavy atom. The van der Waals surface area contributed by atoms with Gasteiger partial charge in [0.2, 0.25) is 0 Å². The third-order valence-corrected chi connectivity index (χ3v) is 10.9. The normalized spacial score (nSPS) is 16.7. The van der Waals surface area contributed by atoms with Crippen molar-refractivity contribution in [2.24, 2.45) is 5.41 Å². The zero-order valence-corrected chi connectivity index (χ0v) is 17.8. The number of rotatable bonds is 8. The lowest BCUT2D eigenvalue weighted by atomic mass is 9.80. The topological polar surface area (TPSA) is 38.7 Å². The van der Waals surface area contributed by atoms with Gasteiger partial charge in [0.15, 0.2) is 0 Å². The Bertz CT molecular complexity index is 666. The highest BCUT2D eigenvalue weighted by Gasteiger charge is 2.50. The monoisotopic (exact) mass is 384 g/mol. The highest BCUT2D eigenvalue weighted by Crippen LogP contribution is 2.39. The Labute approximate surface area is 164 Å². The lowest BCUT2D eigenvalue weighted by Gasteiger charge is -2.45. The fraction of sp³-hybridized carbons (Fsp3) is 0.478. The quantitative estimate of drug-likeness (QED) is 0.710. The summed E-state index contributed by atoms with van der Waals surface area (Å²) in [4.78, 5) is 0. The van der Waals surface area contributed by atoms with Crippen molar-refractivity contribution < 1.29 is 14.3 Å². The largest absolute Gasteiger partial charge is 0.407 e. The second kappa shape index (κ2) is 8.27. The van der Waals surface area contributed by atoms with Gasteiger partial charge in [-0.1, -0.05) is 81.4 Å². The summed E-state index contributed by atoms with van der Waals surface area (Å²) >= 11 is 0. The maximum Gasteiger partial charge on any atom is 0.261 e. The Hall–Kier alpha value is -1.46. The molecular formula is C23H32O3Si. The average molecular weight is 385 g/mol. The van der Waals surface area contributed by atoms with E-state index in [9.17, 15) is 5.11 Å².